The van der Waals surface area contributed by atoms with Gasteiger partial charge in [-0.3, -0.25) is 4.79 Å². The van der Waals surface area contributed by atoms with E-state index in [1.54, 1.807) is 36.1 Å². The summed E-state index contributed by atoms with van der Waals surface area (Å²) in [6.07, 6.45) is -0.620. The number of carbonyl (C=O) groups excluding carboxylic acids is 1. The lowest BCUT2D eigenvalue weighted by Crippen LogP contribution is -2.44. The van der Waals surface area contributed by atoms with Crippen molar-refractivity contribution in [1.82, 2.24) is 0 Å². The van der Waals surface area contributed by atoms with Crippen LogP contribution in [0.2, 0.25) is 0 Å². The van der Waals surface area contributed by atoms with Gasteiger partial charge >= 0.3 is 0 Å². The van der Waals surface area contributed by atoms with Gasteiger partial charge in [-0.2, -0.15) is 5.26 Å². The molecule has 2 aromatic rings. The van der Waals surface area contributed by atoms with Crippen LogP contribution in [0.4, 0.5) is 5.69 Å². The van der Waals surface area contributed by atoms with Crippen molar-refractivity contribution in [2.45, 2.75) is 32.9 Å². The molecule has 0 bridgehead atoms. The number of carbonyl (C=O) groups is 1. The Labute approximate surface area is 136 Å². The first-order chi connectivity index (χ1) is 11.0. The summed E-state index contributed by atoms with van der Waals surface area (Å²) < 4.78 is 5.73. The summed E-state index contributed by atoms with van der Waals surface area (Å²) in [4.78, 5) is 14.5. The van der Waals surface area contributed by atoms with Crippen molar-refractivity contribution in [3.8, 4) is 11.8 Å². The number of amides is 1. The summed E-state index contributed by atoms with van der Waals surface area (Å²) >= 11 is 0. The number of ether oxygens (including phenoxy) is 1. The van der Waals surface area contributed by atoms with Gasteiger partial charge in [0.25, 0.3) is 5.91 Å². The molecule has 0 N–H and O–H groups in total. The molecule has 0 spiro atoms. The number of rotatable bonds is 5. The van der Waals surface area contributed by atoms with Crippen LogP contribution in [-0.4, -0.2) is 18.1 Å². The fraction of sp³-hybridized carbons (Fsp3) is 0.263. The Morgan fingerprint density at radius 2 is 1.65 bits per heavy atom. The standard InChI is InChI=1S/C19H20N2O2/c1-14(2)21(17-7-5-4-6-8-17)19(22)15(3)23-18-11-9-16(13-20)10-12-18/h4-12,14-15H,1-3H3. The van der Waals surface area contributed by atoms with E-state index < -0.39 is 6.10 Å². The first-order valence-corrected chi connectivity index (χ1v) is 7.58. The summed E-state index contributed by atoms with van der Waals surface area (Å²) in [6, 6.07) is 18.4. The second-order valence-corrected chi connectivity index (χ2v) is 5.53. The molecule has 2 aromatic carbocycles. The molecule has 0 fully saturated rings. The minimum absolute atomic E-state index is 0.0249. The molecule has 2 rings (SSSR count). The average Bonchev–Trinajstić information content (AvgIpc) is 2.56. The zero-order valence-corrected chi connectivity index (χ0v) is 13.6. The maximum Gasteiger partial charge on any atom is 0.267 e. The number of hydrogen-bond donors (Lipinski definition) is 0. The van der Waals surface area contributed by atoms with Crippen molar-refractivity contribution in [2.24, 2.45) is 0 Å². The van der Waals surface area contributed by atoms with E-state index in [4.69, 9.17) is 10.00 Å². The maximum atomic E-state index is 12.8. The fourth-order valence-electron chi connectivity index (χ4n) is 2.33. The van der Waals surface area contributed by atoms with E-state index in [9.17, 15) is 4.79 Å². The van der Waals surface area contributed by atoms with Crippen LogP contribution in [0.1, 0.15) is 26.3 Å². The number of benzene rings is 2. The van der Waals surface area contributed by atoms with E-state index in [-0.39, 0.29) is 11.9 Å². The SMILES string of the molecule is CC(Oc1ccc(C#N)cc1)C(=O)N(c1ccccc1)C(C)C. The molecule has 0 aliphatic heterocycles. The lowest BCUT2D eigenvalue weighted by molar-refractivity contribution is -0.125. The summed E-state index contributed by atoms with van der Waals surface area (Å²) in [5, 5.41) is 8.81. The van der Waals surface area contributed by atoms with E-state index in [1.165, 1.54) is 0 Å². The van der Waals surface area contributed by atoms with Gasteiger partial charge in [0.05, 0.1) is 11.6 Å². The van der Waals surface area contributed by atoms with Gasteiger partial charge in [0.15, 0.2) is 6.10 Å². The van der Waals surface area contributed by atoms with Gasteiger partial charge in [-0.25, -0.2) is 0 Å². The summed E-state index contributed by atoms with van der Waals surface area (Å²) in [5.41, 5.74) is 1.41. The molecule has 4 nitrogen and oxygen atoms in total. The van der Waals surface area contributed by atoms with Gasteiger partial charge in [-0.05, 0) is 57.2 Å². The third-order valence-corrected chi connectivity index (χ3v) is 3.43. The second kappa shape index (κ2) is 7.46. The Morgan fingerprint density at radius 1 is 1.04 bits per heavy atom. The number of nitriles is 1. The van der Waals surface area contributed by atoms with Crippen LogP contribution in [0.3, 0.4) is 0 Å². The van der Waals surface area contributed by atoms with Crippen molar-refractivity contribution in [1.29, 1.82) is 5.26 Å². The zero-order valence-electron chi connectivity index (χ0n) is 13.6. The van der Waals surface area contributed by atoms with Gasteiger partial charge in [-0.1, -0.05) is 18.2 Å². The topological polar surface area (TPSA) is 53.3 Å². The summed E-state index contributed by atoms with van der Waals surface area (Å²) in [6.45, 7) is 5.68. The molecule has 0 aliphatic rings. The van der Waals surface area contributed by atoms with Crippen molar-refractivity contribution in [2.75, 3.05) is 4.90 Å². The zero-order chi connectivity index (χ0) is 16.8. The highest BCUT2D eigenvalue weighted by atomic mass is 16.5. The molecule has 1 unspecified atom stereocenters. The maximum absolute atomic E-state index is 12.8. The van der Waals surface area contributed by atoms with Gasteiger partial charge in [0.1, 0.15) is 5.75 Å². The van der Waals surface area contributed by atoms with Crippen LogP contribution in [0, 0.1) is 11.3 Å². The van der Waals surface area contributed by atoms with Crippen LogP contribution in [-0.2, 0) is 4.79 Å². The minimum Gasteiger partial charge on any atom is -0.481 e. The van der Waals surface area contributed by atoms with Crippen LogP contribution in [0.5, 0.6) is 5.75 Å². The second-order valence-electron chi connectivity index (χ2n) is 5.53. The van der Waals surface area contributed by atoms with Gasteiger partial charge < -0.3 is 9.64 Å². The molecule has 0 aromatic heterocycles. The summed E-state index contributed by atoms with van der Waals surface area (Å²) in [5.74, 6) is 0.470. The summed E-state index contributed by atoms with van der Waals surface area (Å²) in [7, 11) is 0. The smallest absolute Gasteiger partial charge is 0.267 e. The van der Waals surface area contributed by atoms with Crippen molar-refractivity contribution in [3.05, 3.63) is 60.2 Å². The Bertz CT molecular complexity index is 688. The molecule has 0 saturated carbocycles. The molecular formula is C19H20N2O2. The van der Waals surface area contributed by atoms with Gasteiger partial charge in [-0.15, -0.1) is 0 Å². The van der Waals surface area contributed by atoms with E-state index >= 15 is 0 Å². The number of para-hydroxylation sites is 1. The predicted octanol–water partition coefficient (Wildman–Crippen LogP) is 3.77. The lowest BCUT2D eigenvalue weighted by Gasteiger charge is -2.29. The molecule has 0 aliphatic carbocycles. The third-order valence-electron chi connectivity index (χ3n) is 3.43. The molecule has 0 saturated heterocycles. The van der Waals surface area contributed by atoms with Crippen molar-refractivity contribution < 1.29 is 9.53 Å². The molecular weight excluding hydrogens is 288 g/mol. The Hall–Kier alpha value is -2.80. The highest BCUT2D eigenvalue weighted by Crippen LogP contribution is 2.20. The number of hydrogen-bond acceptors (Lipinski definition) is 3. The van der Waals surface area contributed by atoms with E-state index in [0.29, 0.717) is 11.3 Å². The van der Waals surface area contributed by atoms with E-state index in [1.807, 2.05) is 44.2 Å². The fourth-order valence-corrected chi connectivity index (χ4v) is 2.33. The van der Waals surface area contributed by atoms with E-state index in [0.717, 1.165) is 5.69 Å². The average molecular weight is 308 g/mol. The Balaban J connectivity index is 2.14. The minimum atomic E-state index is -0.620. The molecule has 0 radical (unpaired) electrons. The lowest BCUT2D eigenvalue weighted by atomic mass is 10.2. The van der Waals surface area contributed by atoms with Crippen molar-refractivity contribution >= 4 is 11.6 Å². The van der Waals surface area contributed by atoms with E-state index in [2.05, 4.69) is 6.07 Å². The molecule has 4 heteroatoms. The third kappa shape index (κ3) is 4.10. The largest absolute Gasteiger partial charge is 0.481 e. The van der Waals surface area contributed by atoms with Gasteiger partial charge in [0.2, 0.25) is 0 Å². The first-order valence-electron chi connectivity index (χ1n) is 7.58. The van der Waals surface area contributed by atoms with Gasteiger partial charge in [0, 0.05) is 11.7 Å². The highest BCUT2D eigenvalue weighted by molar-refractivity contribution is 5.97. The van der Waals surface area contributed by atoms with Crippen LogP contribution < -0.4 is 9.64 Å². The molecule has 1 atom stereocenters. The molecule has 23 heavy (non-hydrogen) atoms. The molecule has 0 heterocycles. The Morgan fingerprint density at radius 3 is 2.17 bits per heavy atom. The van der Waals surface area contributed by atoms with Crippen LogP contribution >= 0.6 is 0 Å². The quantitative estimate of drug-likeness (QED) is 0.845. The Kier molecular flexibility index (Phi) is 5.37. The number of anilines is 1. The normalized spacial score (nSPS) is 11.6. The predicted molar refractivity (Wildman–Crippen MR) is 90.3 cm³/mol. The number of nitrogens with zero attached hydrogens (tertiary/aromatic N) is 2. The first kappa shape index (κ1) is 16.6. The monoisotopic (exact) mass is 308 g/mol. The highest BCUT2D eigenvalue weighted by Gasteiger charge is 2.25. The molecule has 1 amide bonds. The van der Waals surface area contributed by atoms with Crippen LogP contribution in [0.15, 0.2) is 54.6 Å². The van der Waals surface area contributed by atoms with Crippen LogP contribution in [0.25, 0.3) is 0 Å². The molecule has 118 valence electrons. The van der Waals surface area contributed by atoms with Crippen molar-refractivity contribution in [3.63, 3.8) is 0 Å².